The van der Waals surface area contributed by atoms with Crippen molar-refractivity contribution in [1.29, 1.82) is 0 Å². The standard InChI is InChI=1S/C9H10FNO/c1-6(2)9(12)8-7(10)4-3-5-11-8/h3-6H,1-2H3. The van der Waals surface area contributed by atoms with Crippen molar-refractivity contribution in [3.05, 3.63) is 29.8 Å². The Morgan fingerprint density at radius 2 is 2.25 bits per heavy atom. The number of hydrogen-bond donors (Lipinski definition) is 0. The van der Waals surface area contributed by atoms with Gasteiger partial charge in [-0.15, -0.1) is 0 Å². The minimum absolute atomic E-state index is 0.0625. The Morgan fingerprint density at radius 1 is 1.58 bits per heavy atom. The molecule has 0 amide bonds. The first kappa shape index (κ1) is 8.84. The number of halogens is 1. The normalized spacial score (nSPS) is 10.3. The lowest BCUT2D eigenvalue weighted by Gasteiger charge is -2.02. The molecule has 0 radical (unpaired) electrons. The van der Waals surface area contributed by atoms with Gasteiger partial charge in [0.25, 0.3) is 0 Å². The molecule has 0 aliphatic rings. The van der Waals surface area contributed by atoms with Gasteiger partial charge in [-0.2, -0.15) is 0 Å². The van der Waals surface area contributed by atoms with E-state index in [1.54, 1.807) is 13.8 Å². The molecule has 1 aromatic heterocycles. The monoisotopic (exact) mass is 167 g/mol. The molecule has 0 atom stereocenters. The topological polar surface area (TPSA) is 30.0 Å². The highest BCUT2D eigenvalue weighted by Crippen LogP contribution is 2.08. The van der Waals surface area contributed by atoms with Crippen LogP contribution in [0.5, 0.6) is 0 Å². The molecule has 0 spiro atoms. The fourth-order valence-electron chi connectivity index (χ4n) is 0.840. The summed E-state index contributed by atoms with van der Waals surface area (Å²) in [4.78, 5) is 14.9. The van der Waals surface area contributed by atoms with Gasteiger partial charge in [-0.05, 0) is 12.1 Å². The van der Waals surface area contributed by atoms with E-state index < -0.39 is 5.82 Å². The van der Waals surface area contributed by atoms with Gasteiger partial charge < -0.3 is 0 Å². The van der Waals surface area contributed by atoms with E-state index in [9.17, 15) is 9.18 Å². The summed E-state index contributed by atoms with van der Waals surface area (Å²) in [6.07, 6.45) is 1.42. The third kappa shape index (κ3) is 1.67. The SMILES string of the molecule is CC(C)C(=O)c1ncccc1F. The molecular formula is C9H10FNO. The fraction of sp³-hybridized carbons (Fsp3) is 0.333. The van der Waals surface area contributed by atoms with Crippen LogP contribution in [0.25, 0.3) is 0 Å². The predicted octanol–water partition coefficient (Wildman–Crippen LogP) is 2.06. The number of nitrogens with zero attached hydrogens (tertiary/aromatic N) is 1. The number of Topliss-reactive ketones (excluding diaryl/α,β-unsaturated/α-hetero) is 1. The fourth-order valence-corrected chi connectivity index (χ4v) is 0.840. The molecule has 0 aliphatic carbocycles. The van der Waals surface area contributed by atoms with E-state index in [4.69, 9.17) is 0 Å². The van der Waals surface area contributed by atoms with Crippen LogP contribution in [0.15, 0.2) is 18.3 Å². The van der Waals surface area contributed by atoms with E-state index in [1.165, 1.54) is 18.3 Å². The van der Waals surface area contributed by atoms with E-state index in [1.807, 2.05) is 0 Å². The van der Waals surface area contributed by atoms with Crippen molar-refractivity contribution in [3.8, 4) is 0 Å². The lowest BCUT2D eigenvalue weighted by molar-refractivity contribution is 0.0930. The molecule has 2 nitrogen and oxygen atoms in total. The molecule has 1 aromatic rings. The highest BCUT2D eigenvalue weighted by Gasteiger charge is 2.15. The predicted molar refractivity (Wildman–Crippen MR) is 43.4 cm³/mol. The lowest BCUT2D eigenvalue weighted by Crippen LogP contribution is -2.11. The van der Waals surface area contributed by atoms with Gasteiger partial charge in [0.1, 0.15) is 5.69 Å². The Bertz CT molecular complexity index is 296. The zero-order valence-corrected chi connectivity index (χ0v) is 7.04. The highest BCUT2D eigenvalue weighted by atomic mass is 19.1. The summed E-state index contributed by atoms with van der Waals surface area (Å²) in [5, 5.41) is 0. The molecule has 1 heterocycles. The Balaban J connectivity index is 3.03. The Hall–Kier alpha value is -1.25. The molecule has 0 bridgehead atoms. The van der Waals surface area contributed by atoms with Gasteiger partial charge in [0.15, 0.2) is 11.6 Å². The van der Waals surface area contributed by atoms with Gasteiger partial charge in [0.2, 0.25) is 0 Å². The molecule has 0 saturated heterocycles. The zero-order valence-electron chi connectivity index (χ0n) is 7.04. The molecule has 0 unspecified atom stereocenters. The first-order valence-electron chi connectivity index (χ1n) is 3.77. The second kappa shape index (κ2) is 3.43. The Kier molecular flexibility index (Phi) is 2.53. The maximum atomic E-state index is 12.9. The molecule has 0 saturated carbocycles. The van der Waals surface area contributed by atoms with Crippen molar-refractivity contribution >= 4 is 5.78 Å². The van der Waals surface area contributed by atoms with Crippen LogP contribution in [0.3, 0.4) is 0 Å². The van der Waals surface area contributed by atoms with Crippen molar-refractivity contribution in [3.63, 3.8) is 0 Å². The summed E-state index contributed by atoms with van der Waals surface area (Å²) in [6, 6.07) is 2.70. The second-order valence-corrected chi connectivity index (χ2v) is 2.85. The van der Waals surface area contributed by atoms with Crippen molar-refractivity contribution < 1.29 is 9.18 Å². The highest BCUT2D eigenvalue weighted by molar-refractivity contribution is 5.95. The average Bonchev–Trinajstić information content (AvgIpc) is 2.04. The van der Waals surface area contributed by atoms with Crippen LogP contribution in [0.4, 0.5) is 4.39 Å². The van der Waals surface area contributed by atoms with Crippen LogP contribution < -0.4 is 0 Å². The molecule has 3 heteroatoms. The van der Waals surface area contributed by atoms with Gasteiger partial charge >= 0.3 is 0 Å². The third-order valence-corrected chi connectivity index (χ3v) is 1.52. The smallest absolute Gasteiger partial charge is 0.186 e. The van der Waals surface area contributed by atoms with E-state index >= 15 is 0 Å². The van der Waals surface area contributed by atoms with Crippen LogP contribution in [-0.4, -0.2) is 10.8 Å². The molecule has 0 aliphatic heterocycles. The number of hydrogen-bond acceptors (Lipinski definition) is 2. The number of rotatable bonds is 2. The summed E-state index contributed by atoms with van der Waals surface area (Å²) in [5.74, 6) is -1.02. The molecule has 0 aromatic carbocycles. The summed E-state index contributed by atoms with van der Waals surface area (Å²) in [7, 11) is 0. The molecule has 12 heavy (non-hydrogen) atoms. The van der Waals surface area contributed by atoms with Crippen molar-refractivity contribution in [1.82, 2.24) is 4.98 Å². The molecule has 64 valence electrons. The number of aromatic nitrogens is 1. The largest absolute Gasteiger partial charge is 0.292 e. The minimum atomic E-state index is -0.545. The summed E-state index contributed by atoms with van der Waals surface area (Å²) < 4.78 is 12.9. The van der Waals surface area contributed by atoms with Gasteiger partial charge in [-0.3, -0.25) is 9.78 Å². The molecule has 1 rings (SSSR count). The van der Waals surface area contributed by atoms with Crippen LogP contribution in [-0.2, 0) is 0 Å². The van der Waals surface area contributed by atoms with Gasteiger partial charge in [0, 0.05) is 12.1 Å². The minimum Gasteiger partial charge on any atom is -0.292 e. The van der Waals surface area contributed by atoms with Crippen molar-refractivity contribution in [2.75, 3.05) is 0 Å². The van der Waals surface area contributed by atoms with E-state index in [-0.39, 0.29) is 17.4 Å². The van der Waals surface area contributed by atoms with E-state index in [0.717, 1.165) is 0 Å². The van der Waals surface area contributed by atoms with Gasteiger partial charge in [-0.25, -0.2) is 4.39 Å². The van der Waals surface area contributed by atoms with Gasteiger partial charge in [0.05, 0.1) is 0 Å². The molecule has 0 N–H and O–H groups in total. The Labute approximate surface area is 70.4 Å². The summed E-state index contributed by atoms with van der Waals surface area (Å²) in [5.41, 5.74) is -0.0625. The average molecular weight is 167 g/mol. The quantitative estimate of drug-likeness (QED) is 0.631. The first-order valence-corrected chi connectivity index (χ1v) is 3.77. The van der Waals surface area contributed by atoms with Crippen molar-refractivity contribution in [2.45, 2.75) is 13.8 Å². The van der Waals surface area contributed by atoms with Crippen LogP contribution in [0.2, 0.25) is 0 Å². The number of ketones is 1. The van der Waals surface area contributed by atoms with Crippen LogP contribution >= 0.6 is 0 Å². The number of pyridine rings is 1. The maximum absolute atomic E-state index is 12.9. The summed E-state index contributed by atoms with van der Waals surface area (Å²) >= 11 is 0. The van der Waals surface area contributed by atoms with Crippen LogP contribution in [0, 0.1) is 11.7 Å². The Morgan fingerprint density at radius 3 is 2.75 bits per heavy atom. The van der Waals surface area contributed by atoms with Gasteiger partial charge in [-0.1, -0.05) is 13.8 Å². The molecule has 0 fully saturated rings. The number of carbonyl (C=O) groups excluding carboxylic acids is 1. The first-order chi connectivity index (χ1) is 5.63. The second-order valence-electron chi connectivity index (χ2n) is 2.85. The summed E-state index contributed by atoms with van der Waals surface area (Å²) in [6.45, 7) is 3.44. The van der Waals surface area contributed by atoms with Crippen molar-refractivity contribution in [2.24, 2.45) is 5.92 Å². The van der Waals surface area contributed by atoms with E-state index in [2.05, 4.69) is 4.98 Å². The maximum Gasteiger partial charge on any atom is 0.186 e. The zero-order chi connectivity index (χ0) is 9.14. The molecular weight excluding hydrogens is 157 g/mol. The lowest BCUT2D eigenvalue weighted by atomic mass is 10.1. The number of carbonyl (C=O) groups is 1. The van der Waals surface area contributed by atoms with Crippen LogP contribution in [0.1, 0.15) is 24.3 Å². The van der Waals surface area contributed by atoms with E-state index in [0.29, 0.717) is 0 Å². The third-order valence-electron chi connectivity index (χ3n) is 1.52.